The lowest BCUT2D eigenvalue weighted by atomic mass is 9.98. The molecule has 0 saturated carbocycles. The van der Waals surface area contributed by atoms with Gasteiger partial charge < -0.3 is 16.0 Å². The van der Waals surface area contributed by atoms with Crippen LogP contribution in [0.1, 0.15) is 12.8 Å². The third-order valence-electron chi connectivity index (χ3n) is 2.55. The van der Waals surface area contributed by atoms with Gasteiger partial charge in [-0.3, -0.25) is 4.79 Å². The van der Waals surface area contributed by atoms with Crippen LogP contribution in [0.4, 0.5) is 18.0 Å². The summed E-state index contributed by atoms with van der Waals surface area (Å²) in [6.07, 6.45) is -3.31. The Morgan fingerprint density at radius 1 is 1.41 bits per heavy atom. The summed E-state index contributed by atoms with van der Waals surface area (Å²) in [4.78, 5) is 23.5. The van der Waals surface area contributed by atoms with E-state index in [0.717, 1.165) is 0 Å². The summed E-state index contributed by atoms with van der Waals surface area (Å²) < 4.78 is 35.6. The topological polar surface area (TPSA) is 75.4 Å². The first-order valence-electron chi connectivity index (χ1n) is 5.18. The highest BCUT2D eigenvalue weighted by Crippen LogP contribution is 2.17. The van der Waals surface area contributed by atoms with Gasteiger partial charge in [0, 0.05) is 13.1 Å². The predicted molar refractivity (Wildman–Crippen MR) is 52.9 cm³/mol. The lowest BCUT2D eigenvalue weighted by Crippen LogP contribution is -2.49. The lowest BCUT2D eigenvalue weighted by molar-refractivity contribution is -0.125. The van der Waals surface area contributed by atoms with Gasteiger partial charge in [-0.25, -0.2) is 4.79 Å². The number of halogens is 3. The number of nitrogens with two attached hydrogens (primary N) is 1. The van der Waals surface area contributed by atoms with Crippen LogP contribution in [-0.2, 0) is 4.79 Å². The Morgan fingerprint density at radius 3 is 2.59 bits per heavy atom. The molecule has 0 spiro atoms. The van der Waals surface area contributed by atoms with Gasteiger partial charge in [0.2, 0.25) is 5.91 Å². The Kier molecular flexibility index (Phi) is 4.19. The van der Waals surface area contributed by atoms with Crippen molar-refractivity contribution in [3.05, 3.63) is 0 Å². The monoisotopic (exact) mass is 253 g/mol. The summed E-state index contributed by atoms with van der Waals surface area (Å²) in [6, 6.07) is -0.812. The molecule has 17 heavy (non-hydrogen) atoms. The number of urea groups is 1. The first-order valence-corrected chi connectivity index (χ1v) is 5.18. The third kappa shape index (κ3) is 4.49. The highest BCUT2D eigenvalue weighted by atomic mass is 19.4. The van der Waals surface area contributed by atoms with Crippen molar-refractivity contribution in [1.82, 2.24) is 10.2 Å². The van der Waals surface area contributed by atoms with Gasteiger partial charge in [0.25, 0.3) is 0 Å². The molecule has 1 aliphatic heterocycles. The molecule has 3 N–H and O–H groups in total. The number of amides is 3. The number of hydrogen-bond acceptors (Lipinski definition) is 2. The smallest absolute Gasteiger partial charge is 0.369 e. The molecule has 1 aliphatic rings. The Bertz CT molecular complexity index is 306. The van der Waals surface area contributed by atoms with Crippen LogP contribution in [0.25, 0.3) is 0 Å². The minimum absolute atomic E-state index is 0.0824. The Morgan fingerprint density at radius 2 is 2.06 bits per heavy atom. The first kappa shape index (κ1) is 13.6. The second-order valence-corrected chi connectivity index (χ2v) is 3.96. The molecule has 1 rings (SSSR count). The maximum Gasteiger partial charge on any atom is 0.405 e. The van der Waals surface area contributed by atoms with E-state index >= 15 is 0 Å². The highest BCUT2D eigenvalue weighted by Gasteiger charge is 2.31. The lowest BCUT2D eigenvalue weighted by Gasteiger charge is -2.31. The molecule has 3 amide bonds. The molecule has 0 bridgehead atoms. The van der Waals surface area contributed by atoms with Crippen molar-refractivity contribution in [3.8, 4) is 0 Å². The van der Waals surface area contributed by atoms with Gasteiger partial charge in [-0.2, -0.15) is 13.2 Å². The molecule has 1 unspecified atom stereocenters. The van der Waals surface area contributed by atoms with E-state index < -0.39 is 30.6 Å². The molecule has 0 aromatic rings. The van der Waals surface area contributed by atoms with Crippen molar-refractivity contribution in [1.29, 1.82) is 0 Å². The summed E-state index contributed by atoms with van der Waals surface area (Å²) in [7, 11) is 0. The zero-order valence-corrected chi connectivity index (χ0v) is 9.09. The number of alkyl halides is 3. The van der Waals surface area contributed by atoms with Crippen LogP contribution in [0.3, 0.4) is 0 Å². The van der Waals surface area contributed by atoms with Gasteiger partial charge >= 0.3 is 12.2 Å². The molecular formula is C9H14F3N3O2. The predicted octanol–water partition coefficient (Wildman–Crippen LogP) is 0.456. The van der Waals surface area contributed by atoms with Crippen LogP contribution >= 0.6 is 0 Å². The van der Waals surface area contributed by atoms with Gasteiger partial charge in [0.05, 0.1) is 5.92 Å². The van der Waals surface area contributed by atoms with Crippen LogP contribution in [0, 0.1) is 5.92 Å². The van der Waals surface area contributed by atoms with Crippen LogP contribution < -0.4 is 11.1 Å². The van der Waals surface area contributed by atoms with Crippen molar-refractivity contribution in [3.63, 3.8) is 0 Å². The van der Waals surface area contributed by atoms with Crippen LogP contribution in [0.15, 0.2) is 0 Å². The number of piperidine rings is 1. The van der Waals surface area contributed by atoms with Gasteiger partial charge in [-0.1, -0.05) is 0 Å². The molecule has 1 atom stereocenters. The van der Waals surface area contributed by atoms with E-state index in [1.807, 2.05) is 0 Å². The van der Waals surface area contributed by atoms with Gasteiger partial charge in [0.1, 0.15) is 6.54 Å². The van der Waals surface area contributed by atoms with E-state index in [1.54, 1.807) is 5.32 Å². The Balaban J connectivity index is 2.44. The average Bonchev–Trinajstić information content (AvgIpc) is 2.25. The number of likely N-dealkylation sites (tertiary alicyclic amines) is 1. The van der Waals surface area contributed by atoms with Crippen LogP contribution in [-0.4, -0.2) is 42.6 Å². The molecule has 5 nitrogen and oxygen atoms in total. The fourth-order valence-electron chi connectivity index (χ4n) is 1.68. The van der Waals surface area contributed by atoms with Crippen molar-refractivity contribution < 1.29 is 22.8 Å². The second kappa shape index (κ2) is 5.24. The van der Waals surface area contributed by atoms with E-state index in [9.17, 15) is 22.8 Å². The molecule has 1 heterocycles. The molecule has 98 valence electrons. The number of hydrogen-bond donors (Lipinski definition) is 2. The fourth-order valence-corrected chi connectivity index (χ4v) is 1.68. The normalized spacial score (nSPS) is 21.1. The highest BCUT2D eigenvalue weighted by molar-refractivity contribution is 5.79. The second-order valence-electron chi connectivity index (χ2n) is 3.96. The fraction of sp³-hybridized carbons (Fsp3) is 0.778. The van der Waals surface area contributed by atoms with Gasteiger partial charge in [-0.05, 0) is 12.8 Å². The average molecular weight is 253 g/mol. The molecule has 0 radical (unpaired) electrons. The maximum atomic E-state index is 11.9. The van der Waals surface area contributed by atoms with E-state index in [2.05, 4.69) is 0 Å². The first-order chi connectivity index (χ1) is 7.79. The van der Waals surface area contributed by atoms with Crippen LogP contribution in [0.5, 0.6) is 0 Å². The zero-order valence-electron chi connectivity index (χ0n) is 9.09. The molecule has 0 aromatic heterocycles. The summed E-state index contributed by atoms with van der Waals surface area (Å²) in [5, 5.41) is 1.76. The van der Waals surface area contributed by atoms with Crippen molar-refractivity contribution in [2.75, 3.05) is 19.6 Å². The summed E-state index contributed by atoms with van der Waals surface area (Å²) >= 11 is 0. The van der Waals surface area contributed by atoms with Crippen molar-refractivity contribution in [2.24, 2.45) is 11.7 Å². The number of nitrogens with one attached hydrogen (secondary N) is 1. The van der Waals surface area contributed by atoms with Crippen molar-refractivity contribution >= 4 is 11.9 Å². The molecule has 8 heteroatoms. The SMILES string of the molecule is NC(=O)C1CCCN(C(=O)NCC(F)(F)F)C1. The number of nitrogens with zero attached hydrogens (tertiary/aromatic N) is 1. The summed E-state index contributed by atoms with van der Waals surface area (Å²) in [5.41, 5.74) is 5.10. The number of carbonyl (C=O) groups excluding carboxylic acids is 2. The summed E-state index contributed by atoms with van der Waals surface area (Å²) in [6.45, 7) is -0.948. The van der Waals surface area contributed by atoms with Crippen LogP contribution in [0.2, 0.25) is 0 Å². The number of rotatable bonds is 2. The van der Waals surface area contributed by atoms with E-state index in [-0.39, 0.29) is 6.54 Å². The van der Waals surface area contributed by atoms with Crippen molar-refractivity contribution in [2.45, 2.75) is 19.0 Å². The zero-order chi connectivity index (χ0) is 13.1. The minimum Gasteiger partial charge on any atom is -0.369 e. The molecule has 1 fully saturated rings. The molecular weight excluding hydrogens is 239 g/mol. The molecule has 1 saturated heterocycles. The minimum atomic E-state index is -4.44. The molecule has 0 aliphatic carbocycles. The number of primary amides is 1. The third-order valence-corrected chi connectivity index (χ3v) is 2.55. The quantitative estimate of drug-likeness (QED) is 0.750. The van der Waals surface area contributed by atoms with E-state index in [1.165, 1.54) is 4.90 Å². The largest absolute Gasteiger partial charge is 0.405 e. The standard InChI is InChI=1S/C9H14F3N3O2/c10-9(11,12)5-14-8(17)15-3-1-2-6(4-15)7(13)16/h6H,1-5H2,(H2,13,16)(H,14,17). The van der Waals surface area contributed by atoms with Gasteiger partial charge in [0.15, 0.2) is 0 Å². The maximum absolute atomic E-state index is 11.9. The Labute approximate surface area is 96.1 Å². The van der Waals surface area contributed by atoms with Gasteiger partial charge in [-0.15, -0.1) is 0 Å². The Hall–Kier alpha value is -1.47. The van der Waals surface area contributed by atoms with E-state index in [0.29, 0.717) is 19.4 Å². The number of carbonyl (C=O) groups is 2. The summed E-state index contributed by atoms with van der Waals surface area (Å²) in [5.74, 6) is -1.00. The van der Waals surface area contributed by atoms with E-state index in [4.69, 9.17) is 5.73 Å². The molecule has 0 aromatic carbocycles.